The van der Waals surface area contributed by atoms with Gasteiger partial charge in [-0.1, -0.05) is 6.07 Å². The van der Waals surface area contributed by atoms with Crippen molar-refractivity contribution in [3.8, 4) is 0 Å². The molecule has 0 unspecified atom stereocenters. The largest absolute Gasteiger partial charge is 0.451 e. The van der Waals surface area contributed by atoms with Gasteiger partial charge in [0.05, 0.1) is 0 Å². The Balaban J connectivity index is 1.70. The highest BCUT2D eigenvalue weighted by atomic mass is 32.1. The van der Waals surface area contributed by atoms with Gasteiger partial charge in [0.25, 0.3) is 5.91 Å². The second-order valence-electron chi connectivity index (χ2n) is 4.25. The molecule has 0 bridgehead atoms. The van der Waals surface area contributed by atoms with Crippen LogP contribution in [0, 0.1) is 5.92 Å². The molecular weight excluding hydrogens is 238 g/mol. The molecule has 1 atom stereocenters. The van der Waals surface area contributed by atoms with E-state index in [0.29, 0.717) is 10.8 Å². The maximum atomic E-state index is 11.5. The van der Waals surface area contributed by atoms with E-state index in [0.717, 1.165) is 0 Å². The molecule has 0 spiro atoms. The van der Waals surface area contributed by atoms with E-state index in [1.54, 1.807) is 17.5 Å². The van der Waals surface area contributed by atoms with Crippen LogP contribution < -0.4 is 5.32 Å². The molecule has 5 heteroatoms. The Morgan fingerprint density at radius 1 is 1.59 bits per heavy atom. The van der Waals surface area contributed by atoms with Crippen LogP contribution in [0.1, 0.15) is 29.4 Å². The molecule has 1 heterocycles. The van der Waals surface area contributed by atoms with Gasteiger partial charge in [0.15, 0.2) is 6.61 Å². The van der Waals surface area contributed by atoms with Crippen LogP contribution in [-0.4, -0.2) is 24.5 Å². The number of hydrogen-bond donors (Lipinski definition) is 1. The van der Waals surface area contributed by atoms with Crippen LogP contribution in [0.3, 0.4) is 0 Å². The quantitative estimate of drug-likeness (QED) is 0.814. The third kappa shape index (κ3) is 3.56. The van der Waals surface area contributed by atoms with Gasteiger partial charge in [-0.25, -0.2) is 4.79 Å². The van der Waals surface area contributed by atoms with Gasteiger partial charge in [-0.05, 0) is 37.1 Å². The minimum atomic E-state index is -0.436. The van der Waals surface area contributed by atoms with E-state index in [4.69, 9.17) is 4.74 Å². The zero-order chi connectivity index (χ0) is 12.3. The second-order valence-corrected chi connectivity index (χ2v) is 5.19. The molecule has 2 rings (SSSR count). The lowest BCUT2D eigenvalue weighted by atomic mass is 10.2. The van der Waals surface area contributed by atoms with Gasteiger partial charge < -0.3 is 10.1 Å². The molecule has 0 radical (unpaired) electrons. The molecule has 1 aliphatic rings. The van der Waals surface area contributed by atoms with Crippen LogP contribution in [-0.2, 0) is 9.53 Å². The maximum Gasteiger partial charge on any atom is 0.348 e. The van der Waals surface area contributed by atoms with E-state index in [9.17, 15) is 9.59 Å². The molecule has 0 aromatic carbocycles. The van der Waals surface area contributed by atoms with Crippen LogP contribution in [0.4, 0.5) is 0 Å². The highest BCUT2D eigenvalue weighted by Gasteiger charge is 2.28. The van der Waals surface area contributed by atoms with Crippen molar-refractivity contribution in [2.24, 2.45) is 5.92 Å². The number of amides is 1. The maximum absolute atomic E-state index is 11.5. The molecule has 1 amide bonds. The molecule has 1 aromatic rings. The number of carbonyl (C=O) groups is 2. The summed E-state index contributed by atoms with van der Waals surface area (Å²) in [5.74, 6) is -0.0597. The van der Waals surface area contributed by atoms with Gasteiger partial charge in [-0.2, -0.15) is 0 Å². The first kappa shape index (κ1) is 12.1. The summed E-state index contributed by atoms with van der Waals surface area (Å²) in [6, 6.07) is 3.64. The summed E-state index contributed by atoms with van der Waals surface area (Å²) in [5.41, 5.74) is 0. The fourth-order valence-corrected chi connectivity index (χ4v) is 2.22. The lowest BCUT2D eigenvalue weighted by Crippen LogP contribution is -2.37. The highest BCUT2D eigenvalue weighted by Crippen LogP contribution is 2.32. The van der Waals surface area contributed by atoms with Crippen molar-refractivity contribution in [1.29, 1.82) is 0 Å². The number of hydrogen-bond acceptors (Lipinski definition) is 4. The molecule has 1 aliphatic carbocycles. The first-order chi connectivity index (χ1) is 8.16. The lowest BCUT2D eigenvalue weighted by molar-refractivity contribution is -0.124. The summed E-state index contributed by atoms with van der Waals surface area (Å²) in [7, 11) is 0. The Labute approximate surface area is 104 Å². The van der Waals surface area contributed by atoms with Crippen molar-refractivity contribution >= 4 is 23.2 Å². The van der Waals surface area contributed by atoms with E-state index < -0.39 is 5.97 Å². The van der Waals surface area contributed by atoms with E-state index in [1.807, 2.05) is 6.92 Å². The number of carbonyl (C=O) groups excluding carboxylic acids is 2. The number of rotatable bonds is 5. The summed E-state index contributed by atoms with van der Waals surface area (Å²) in [5, 5.41) is 4.63. The Hall–Kier alpha value is -1.36. The van der Waals surface area contributed by atoms with E-state index in [-0.39, 0.29) is 18.6 Å². The minimum Gasteiger partial charge on any atom is -0.451 e. The standard InChI is InChI=1S/C12H15NO3S/c1-8(9-4-5-9)13-11(14)7-16-12(15)10-3-2-6-17-10/h2-3,6,8-9H,4-5,7H2,1H3,(H,13,14)/t8-/m0/s1. The summed E-state index contributed by atoms with van der Waals surface area (Å²) in [4.78, 5) is 23.4. The summed E-state index contributed by atoms with van der Waals surface area (Å²) < 4.78 is 4.91. The van der Waals surface area contributed by atoms with Crippen LogP contribution in [0.5, 0.6) is 0 Å². The van der Waals surface area contributed by atoms with Crippen molar-refractivity contribution in [1.82, 2.24) is 5.32 Å². The van der Waals surface area contributed by atoms with Crippen molar-refractivity contribution < 1.29 is 14.3 Å². The monoisotopic (exact) mass is 253 g/mol. The normalized spacial score (nSPS) is 16.3. The molecule has 1 saturated carbocycles. The molecule has 92 valence electrons. The zero-order valence-corrected chi connectivity index (χ0v) is 10.5. The first-order valence-corrected chi connectivity index (χ1v) is 6.55. The van der Waals surface area contributed by atoms with Gasteiger partial charge in [0, 0.05) is 6.04 Å². The topological polar surface area (TPSA) is 55.4 Å². The average Bonchev–Trinajstić information content (AvgIpc) is 3.02. The Bertz CT molecular complexity index is 398. The number of thiophene rings is 1. The SMILES string of the molecule is C[C@H](NC(=O)COC(=O)c1cccs1)C1CC1. The van der Waals surface area contributed by atoms with Gasteiger partial charge in [0.2, 0.25) is 0 Å². The Morgan fingerprint density at radius 3 is 2.94 bits per heavy atom. The second kappa shape index (κ2) is 5.31. The molecule has 4 nitrogen and oxygen atoms in total. The fraction of sp³-hybridized carbons (Fsp3) is 0.500. The van der Waals surface area contributed by atoms with Crippen molar-refractivity contribution in [2.45, 2.75) is 25.8 Å². The smallest absolute Gasteiger partial charge is 0.348 e. The van der Waals surface area contributed by atoms with E-state index in [2.05, 4.69) is 5.32 Å². The minimum absolute atomic E-state index is 0.183. The fourth-order valence-electron chi connectivity index (χ4n) is 1.61. The number of ether oxygens (including phenoxy) is 1. The molecule has 0 saturated heterocycles. The van der Waals surface area contributed by atoms with Crippen LogP contribution in [0.25, 0.3) is 0 Å². The van der Waals surface area contributed by atoms with Gasteiger partial charge in [-0.3, -0.25) is 4.79 Å². The molecule has 1 fully saturated rings. The third-order valence-corrected chi connectivity index (χ3v) is 3.62. The van der Waals surface area contributed by atoms with Crippen LogP contribution in [0.2, 0.25) is 0 Å². The number of esters is 1. The van der Waals surface area contributed by atoms with Crippen molar-refractivity contribution in [3.05, 3.63) is 22.4 Å². The van der Waals surface area contributed by atoms with Crippen molar-refractivity contribution in [2.75, 3.05) is 6.61 Å². The van der Waals surface area contributed by atoms with Gasteiger partial charge >= 0.3 is 5.97 Å². The molecule has 1 N–H and O–H groups in total. The summed E-state index contributed by atoms with van der Waals surface area (Å²) in [6.07, 6.45) is 2.35. The average molecular weight is 253 g/mol. The molecule has 17 heavy (non-hydrogen) atoms. The van der Waals surface area contributed by atoms with Gasteiger partial charge in [-0.15, -0.1) is 11.3 Å². The Morgan fingerprint density at radius 2 is 2.35 bits per heavy atom. The lowest BCUT2D eigenvalue weighted by Gasteiger charge is -2.12. The van der Waals surface area contributed by atoms with Gasteiger partial charge in [0.1, 0.15) is 4.88 Å². The summed E-state index contributed by atoms with van der Waals surface area (Å²) in [6.45, 7) is 1.78. The molecular formula is C12H15NO3S. The zero-order valence-electron chi connectivity index (χ0n) is 9.64. The third-order valence-electron chi connectivity index (χ3n) is 2.77. The van der Waals surface area contributed by atoms with Crippen molar-refractivity contribution in [3.63, 3.8) is 0 Å². The number of nitrogens with one attached hydrogen (secondary N) is 1. The highest BCUT2D eigenvalue weighted by molar-refractivity contribution is 7.11. The predicted molar refractivity (Wildman–Crippen MR) is 64.9 cm³/mol. The Kier molecular flexibility index (Phi) is 3.78. The molecule has 1 aromatic heterocycles. The predicted octanol–water partition coefficient (Wildman–Crippen LogP) is 1.82. The first-order valence-electron chi connectivity index (χ1n) is 5.67. The van der Waals surface area contributed by atoms with E-state index in [1.165, 1.54) is 24.2 Å². The molecule has 0 aliphatic heterocycles. The van der Waals surface area contributed by atoms with Crippen LogP contribution in [0.15, 0.2) is 17.5 Å². The van der Waals surface area contributed by atoms with Crippen LogP contribution >= 0.6 is 11.3 Å². The van der Waals surface area contributed by atoms with E-state index >= 15 is 0 Å². The summed E-state index contributed by atoms with van der Waals surface area (Å²) >= 11 is 1.31.